The molecule has 378 valence electrons. The van der Waals surface area contributed by atoms with Crippen molar-refractivity contribution in [3.63, 3.8) is 0 Å². The fourth-order valence-electron chi connectivity index (χ4n) is 6.28. The summed E-state index contributed by atoms with van der Waals surface area (Å²) in [6.07, 6.45) is 10.6. The largest absolute Gasteiger partial charge is 0.492 e. The first-order valence-electron chi connectivity index (χ1n) is 22.1. The van der Waals surface area contributed by atoms with Crippen molar-refractivity contribution in [3.05, 3.63) is 99.1 Å². The number of nitro benzene ring substituents is 1. The highest BCUT2D eigenvalue weighted by Crippen LogP contribution is 2.28. The van der Waals surface area contributed by atoms with E-state index in [9.17, 15) is 38.9 Å². The highest BCUT2D eigenvalue weighted by atomic mass is 16.6. The maximum Gasteiger partial charge on any atom is 0.336 e. The molecule has 2 aliphatic rings. The molecule has 3 aromatic rings. The number of piperidine rings is 1. The smallest absolute Gasteiger partial charge is 0.336 e. The number of benzene rings is 3. The van der Waals surface area contributed by atoms with Crippen LogP contribution in [0.5, 0.6) is 5.75 Å². The lowest BCUT2D eigenvalue weighted by Gasteiger charge is -2.24. The molecule has 2 fully saturated rings. The van der Waals surface area contributed by atoms with Gasteiger partial charge in [0.2, 0.25) is 0 Å². The quantitative estimate of drug-likeness (QED) is 0.0355. The summed E-state index contributed by atoms with van der Waals surface area (Å²) in [6.45, 7) is 4.33. The molecule has 1 saturated carbocycles. The Morgan fingerprint density at radius 3 is 1.62 bits per heavy atom. The van der Waals surface area contributed by atoms with Gasteiger partial charge in [0.15, 0.2) is 0 Å². The van der Waals surface area contributed by atoms with Crippen LogP contribution in [0.4, 0.5) is 11.4 Å². The Bertz CT molecular complexity index is 1970. The molecule has 1 aliphatic carbocycles. The molecule has 0 amide bonds. The molecule has 0 atom stereocenters. The lowest BCUT2D eigenvalue weighted by Crippen LogP contribution is -2.31. The van der Waals surface area contributed by atoms with Gasteiger partial charge in [-0.05, 0) is 131 Å². The first-order valence-corrected chi connectivity index (χ1v) is 22.1. The van der Waals surface area contributed by atoms with Gasteiger partial charge < -0.3 is 69.4 Å². The van der Waals surface area contributed by atoms with Crippen molar-refractivity contribution in [2.45, 2.75) is 83.6 Å². The number of nitro groups is 1. The Morgan fingerprint density at radius 2 is 1.18 bits per heavy atom. The molecule has 1 heterocycles. The molecule has 0 radical (unpaired) electrons. The minimum atomic E-state index is -1.22. The van der Waals surface area contributed by atoms with E-state index < -0.39 is 40.7 Å². The van der Waals surface area contributed by atoms with Crippen LogP contribution < -0.4 is 38.7 Å². The number of aliphatic carboxylic acids is 3. The molecule has 0 aromatic heterocycles. The van der Waals surface area contributed by atoms with Crippen LogP contribution in [0, 0.1) is 27.9 Å². The summed E-state index contributed by atoms with van der Waals surface area (Å²) < 4.78 is 5.17. The van der Waals surface area contributed by atoms with Crippen LogP contribution in [0.15, 0.2) is 66.7 Å². The molecular weight excluding hydrogens is 891 g/mol. The number of ether oxygens (including phenoxy) is 1. The number of anilines is 1. The molecule has 0 unspecified atom stereocenters. The first kappa shape index (κ1) is 61.3. The average Bonchev–Trinajstić information content (AvgIpc) is 3.33. The number of nitrogen functional groups attached to an aromatic ring is 1. The van der Waals surface area contributed by atoms with E-state index in [4.69, 9.17) is 64.0 Å². The van der Waals surface area contributed by atoms with Gasteiger partial charge in [-0.3, -0.25) is 24.5 Å². The molecule has 22 heteroatoms. The van der Waals surface area contributed by atoms with Crippen molar-refractivity contribution in [2.24, 2.45) is 40.7 Å². The molecular formula is C46H69N7O15. The van der Waals surface area contributed by atoms with Crippen LogP contribution >= 0.6 is 0 Å². The van der Waals surface area contributed by atoms with E-state index in [1.54, 1.807) is 36.4 Å². The van der Waals surface area contributed by atoms with E-state index in [2.05, 4.69) is 5.32 Å². The van der Waals surface area contributed by atoms with E-state index in [1.165, 1.54) is 24.3 Å². The van der Waals surface area contributed by atoms with E-state index >= 15 is 0 Å². The van der Waals surface area contributed by atoms with Crippen LogP contribution in [0.1, 0.15) is 114 Å². The number of nitrogens with two attached hydrogens (primary N) is 5. The van der Waals surface area contributed by atoms with Crippen molar-refractivity contribution in [1.82, 2.24) is 5.32 Å². The third kappa shape index (κ3) is 27.7. The van der Waals surface area contributed by atoms with E-state index in [1.807, 2.05) is 0 Å². The predicted molar refractivity (Wildman–Crippen MR) is 253 cm³/mol. The summed E-state index contributed by atoms with van der Waals surface area (Å²) in [7, 11) is 0. The number of rotatable bonds is 18. The van der Waals surface area contributed by atoms with E-state index in [0.717, 1.165) is 96.3 Å². The molecule has 3 aromatic carbocycles. The number of nitrogens with zero attached hydrogens (tertiary/aromatic N) is 1. The number of unbranched alkanes of at least 4 members (excludes halogenated alkanes) is 4. The summed E-state index contributed by atoms with van der Waals surface area (Å²) in [4.78, 5) is 71.9. The lowest BCUT2D eigenvalue weighted by molar-refractivity contribution is -0.383. The van der Waals surface area contributed by atoms with E-state index in [0.29, 0.717) is 43.3 Å². The number of nitrogens with one attached hydrogen (secondary N) is 1. The molecule has 5 rings (SSSR count). The van der Waals surface area contributed by atoms with Gasteiger partial charge in [0.05, 0.1) is 33.4 Å². The van der Waals surface area contributed by atoms with Crippen LogP contribution in [0.3, 0.4) is 0 Å². The fraction of sp³-hybridized carbons (Fsp3) is 0.478. The van der Waals surface area contributed by atoms with Gasteiger partial charge in [-0.2, -0.15) is 0 Å². The zero-order chi connectivity index (χ0) is 51.4. The molecule has 0 bridgehead atoms. The van der Waals surface area contributed by atoms with Crippen molar-refractivity contribution in [1.29, 1.82) is 0 Å². The van der Waals surface area contributed by atoms with Gasteiger partial charge in [-0.1, -0.05) is 37.5 Å². The van der Waals surface area contributed by atoms with Gasteiger partial charge in [0.25, 0.3) is 5.69 Å². The Hall–Kier alpha value is -6.72. The summed E-state index contributed by atoms with van der Waals surface area (Å²) in [5.41, 5.74) is 27.2. The average molecular weight is 960 g/mol. The Morgan fingerprint density at radius 1 is 0.647 bits per heavy atom. The fourth-order valence-corrected chi connectivity index (χ4v) is 6.28. The normalized spacial score (nSPS) is 14.8. The zero-order valence-corrected chi connectivity index (χ0v) is 38.2. The van der Waals surface area contributed by atoms with Gasteiger partial charge in [-0.25, -0.2) is 14.4 Å². The zero-order valence-electron chi connectivity index (χ0n) is 38.2. The molecule has 1 saturated heterocycles. The highest BCUT2D eigenvalue weighted by Gasteiger charge is 2.25. The third-order valence-electron chi connectivity index (χ3n) is 10.2. The maximum absolute atomic E-state index is 10.5. The topological polar surface area (TPSA) is 418 Å². The van der Waals surface area contributed by atoms with Crippen LogP contribution in [0.2, 0.25) is 0 Å². The molecule has 17 N–H and O–H groups in total. The second-order valence-electron chi connectivity index (χ2n) is 15.3. The number of hydrogen-bond donors (Lipinski definition) is 12. The second kappa shape index (κ2) is 36.4. The van der Waals surface area contributed by atoms with Crippen molar-refractivity contribution in [2.75, 3.05) is 45.1 Å². The van der Waals surface area contributed by atoms with Crippen molar-refractivity contribution in [3.8, 4) is 5.75 Å². The first-order chi connectivity index (χ1) is 32.3. The highest BCUT2D eigenvalue weighted by molar-refractivity contribution is 5.90. The van der Waals surface area contributed by atoms with Crippen LogP contribution in [-0.2, 0) is 20.9 Å². The molecule has 68 heavy (non-hydrogen) atoms. The molecule has 0 spiro atoms. The monoisotopic (exact) mass is 959 g/mol. The number of carboxylic acid groups (broad SMARTS) is 6. The molecule has 1 aliphatic heterocycles. The standard InChI is InChI=1S/C9H11NO3.C8H15NO2.C8H9NO2.C8H17NO2.C7H6N2O4.C6H11NO2/c10-5-6-13-8-3-1-7(2-4-8)9(11)12;9-5-6-1-3-7(4-2-6)8(10)11;9-5-6-3-1-2-4-7(6)8(10)11;9-7-5-3-1-2-4-6-8(10)11;8-5-2-1-4(7(10)11)3-6(5)9(12)13;8-6(9)5-1-3-7-4-2-5/h1-4H,5-6,10H2,(H,11,12);6-7H,1-5,9H2,(H,10,11);1-4H,5,9H2,(H,10,11);1-7,9H2,(H,10,11);1-3H,8H2,(H,10,11);5,7H,1-4H2,(H,8,9). The maximum atomic E-state index is 10.5. The summed E-state index contributed by atoms with van der Waals surface area (Å²) in [5, 5.41) is 64.7. The Balaban J connectivity index is 0.000000795. The summed E-state index contributed by atoms with van der Waals surface area (Å²) >= 11 is 0. The second-order valence-corrected chi connectivity index (χ2v) is 15.3. The van der Waals surface area contributed by atoms with Gasteiger partial charge in [0.1, 0.15) is 18.0 Å². The van der Waals surface area contributed by atoms with Gasteiger partial charge >= 0.3 is 35.8 Å². The number of carbonyl (C=O) groups is 6. The number of hydrogen-bond acceptors (Lipinski definition) is 15. The third-order valence-corrected chi connectivity index (χ3v) is 10.2. The summed E-state index contributed by atoms with van der Waals surface area (Å²) in [6, 6.07) is 16.3. The lowest BCUT2D eigenvalue weighted by atomic mass is 9.82. The van der Waals surface area contributed by atoms with E-state index in [-0.39, 0.29) is 46.4 Å². The van der Waals surface area contributed by atoms with Crippen LogP contribution in [-0.4, -0.2) is 111 Å². The van der Waals surface area contributed by atoms with Crippen molar-refractivity contribution >= 4 is 47.2 Å². The van der Waals surface area contributed by atoms with Gasteiger partial charge in [0, 0.05) is 25.6 Å². The number of carboxylic acids is 6. The van der Waals surface area contributed by atoms with Gasteiger partial charge in [-0.15, -0.1) is 0 Å². The summed E-state index contributed by atoms with van der Waals surface area (Å²) in [5.74, 6) is -4.04. The molecule has 22 nitrogen and oxygen atoms in total. The Labute approximate surface area is 395 Å². The minimum Gasteiger partial charge on any atom is -0.492 e. The van der Waals surface area contributed by atoms with Crippen LogP contribution in [0.25, 0.3) is 0 Å². The Kier molecular flexibility index (Phi) is 32.8. The SMILES string of the molecule is NCC1CCC(C(=O)O)CC1.NCCCCCCCC(=O)O.NCCOc1ccc(C(=O)O)cc1.NCc1ccccc1C(=O)O.Nc1ccc(C(=O)O)cc1[N+](=O)[O-].O=C(O)C1CCNCC1. The number of aromatic carboxylic acids is 3. The van der Waals surface area contributed by atoms with Crippen molar-refractivity contribution < 1.29 is 69.1 Å². The minimum absolute atomic E-state index is 0.0463. The predicted octanol–water partition coefficient (Wildman–Crippen LogP) is 4.72.